The summed E-state index contributed by atoms with van der Waals surface area (Å²) in [4.78, 5) is 2.73. The van der Waals surface area contributed by atoms with Crippen LogP contribution in [0.2, 0.25) is 0 Å². The van der Waals surface area contributed by atoms with Crippen molar-refractivity contribution in [2.75, 3.05) is 13.2 Å². The van der Waals surface area contributed by atoms with Gasteiger partial charge in [0.1, 0.15) is 0 Å². The van der Waals surface area contributed by atoms with Gasteiger partial charge in [-0.15, -0.1) is 12.4 Å². The first-order chi connectivity index (χ1) is 7.95. The lowest BCUT2D eigenvalue weighted by molar-refractivity contribution is -0.101. The van der Waals surface area contributed by atoms with Gasteiger partial charge < -0.3 is 4.74 Å². The number of ether oxygens (including phenoxy) is 1. The molecule has 3 aliphatic heterocycles. The maximum atomic E-state index is 5.37. The molecule has 1 aromatic carbocycles. The highest BCUT2D eigenvalue weighted by atomic mass is 35.5. The van der Waals surface area contributed by atoms with Crippen LogP contribution < -0.4 is 0 Å². The number of halogens is 1. The van der Waals surface area contributed by atoms with Crippen LogP contribution in [0.5, 0.6) is 0 Å². The Kier molecular flexibility index (Phi) is 2.89. The number of fused-ring (bicyclic) bond motifs is 5. The minimum atomic E-state index is 0. The minimum absolute atomic E-state index is 0. The predicted molar refractivity (Wildman–Crippen MR) is 69.5 cm³/mol. The molecule has 92 valence electrons. The number of benzene rings is 1. The summed E-state index contributed by atoms with van der Waals surface area (Å²) in [5, 5.41) is 0. The van der Waals surface area contributed by atoms with Gasteiger partial charge in [0.05, 0.1) is 19.3 Å². The van der Waals surface area contributed by atoms with Gasteiger partial charge in [0.25, 0.3) is 0 Å². The summed E-state index contributed by atoms with van der Waals surface area (Å²) >= 11 is 0. The molecule has 0 aliphatic carbocycles. The maximum absolute atomic E-state index is 5.37. The van der Waals surface area contributed by atoms with Gasteiger partial charge in [0, 0.05) is 12.1 Å². The van der Waals surface area contributed by atoms with Gasteiger partial charge in [-0.1, -0.05) is 24.3 Å². The van der Waals surface area contributed by atoms with Crippen LogP contribution in [0.25, 0.3) is 0 Å². The van der Waals surface area contributed by atoms with E-state index in [0.29, 0.717) is 18.1 Å². The molecule has 17 heavy (non-hydrogen) atoms. The SMILES string of the molecule is Cl.c1ccc2c(c1)C1CCCC2N1C1COC1. The van der Waals surface area contributed by atoms with E-state index >= 15 is 0 Å². The highest BCUT2D eigenvalue weighted by Gasteiger charge is 2.45. The predicted octanol–water partition coefficient (Wildman–Crippen LogP) is 3.09. The normalized spacial score (nSPS) is 31.5. The Morgan fingerprint density at radius 3 is 2.06 bits per heavy atom. The van der Waals surface area contributed by atoms with Crippen molar-refractivity contribution in [1.29, 1.82) is 0 Å². The lowest BCUT2D eigenvalue weighted by Gasteiger charge is -2.44. The van der Waals surface area contributed by atoms with E-state index in [2.05, 4.69) is 29.2 Å². The van der Waals surface area contributed by atoms with Gasteiger partial charge in [-0.05, 0) is 30.4 Å². The summed E-state index contributed by atoms with van der Waals surface area (Å²) in [5.41, 5.74) is 3.19. The summed E-state index contributed by atoms with van der Waals surface area (Å²) in [6.45, 7) is 1.89. The molecule has 2 saturated heterocycles. The van der Waals surface area contributed by atoms with Crippen LogP contribution in [0.15, 0.2) is 24.3 Å². The number of rotatable bonds is 1. The second-order valence-electron chi connectivity index (χ2n) is 5.23. The molecule has 3 heteroatoms. The average Bonchev–Trinajstić information content (AvgIpc) is 2.44. The van der Waals surface area contributed by atoms with Crippen molar-refractivity contribution >= 4 is 12.4 Å². The van der Waals surface area contributed by atoms with E-state index < -0.39 is 0 Å². The van der Waals surface area contributed by atoms with Crippen LogP contribution in [0.4, 0.5) is 0 Å². The third kappa shape index (κ3) is 1.55. The second kappa shape index (κ2) is 4.27. The number of hydrogen-bond donors (Lipinski definition) is 0. The second-order valence-corrected chi connectivity index (χ2v) is 5.23. The Labute approximate surface area is 108 Å². The zero-order valence-corrected chi connectivity index (χ0v) is 10.7. The number of piperidine rings is 1. The molecule has 0 aromatic heterocycles. The number of hydrogen-bond acceptors (Lipinski definition) is 2. The molecule has 0 saturated carbocycles. The van der Waals surface area contributed by atoms with Crippen molar-refractivity contribution in [3.63, 3.8) is 0 Å². The van der Waals surface area contributed by atoms with Crippen LogP contribution in [-0.4, -0.2) is 24.2 Å². The van der Waals surface area contributed by atoms with E-state index in [1.165, 1.54) is 19.3 Å². The topological polar surface area (TPSA) is 12.5 Å². The van der Waals surface area contributed by atoms with Crippen LogP contribution in [-0.2, 0) is 4.74 Å². The Morgan fingerprint density at radius 1 is 1.00 bits per heavy atom. The Bertz CT molecular complexity index is 387. The lowest BCUT2D eigenvalue weighted by atomic mass is 9.97. The molecule has 0 amide bonds. The largest absolute Gasteiger partial charge is 0.378 e. The van der Waals surface area contributed by atoms with E-state index in [1.807, 2.05) is 0 Å². The molecule has 2 unspecified atom stereocenters. The molecule has 3 aliphatic rings. The summed E-state index contributed by atoms with van der Waals surface area (Å²) in [5.74, 6) is 0. The molecule has 2 nitrogen and oxygen atoms in total. The fourth-order valence-corrected chi connectivity index (χ4v) is 3.67. The average molecular weight is 252 g/mol. The monoisotopic (exact) mass is 251 g/mol. The van der Waals surface area contributed by atoms with E-state index in [4.69, 9.17) is 4.74 Å². The van der Waals surface area contributed by atoms with Crippen molar-refractivity contribution in [3.8, 4) is 0 Å². The summed E-state index contributed by atoms with van der Waals surface area (Å²) in [7, 11) is 0. The molecule has 2 bridgehead atoms. The third-order valence-electron chi connectivity index (χ3n) is 4.43. The van der Waals surface area contributed by atoms with E-state index in [0.717, 1.165) is 13.2 Å². The zero-order valence-electron chi connectivity index (χ0n) is 9.84. The van der Waals surface area contributed by atoms with Crippen LogP contribution >= 0.6 is 12.4 Å². The first-order valence-corrected chi connectivity index (χ1v) is 6.39. The molecule has 3 heterocycles. The zero-order chi connectivity index (χ0) is 10.5. The van der Waals surface area contributed by atoms with E-state index in [1.54, 1.807) is 11.1 Å². The van der Waals surface area contributed by atoms with Crippen molar-refractivity contribution < 1.29 is 4.74 Å². The van der Waals surface area contributed by atoms with E-state index in [9.17, 15) is 0 Å². The van der Waals surface area contributed by atoms with Gasteiger partial charge in [0.15, 0.2) is 0 Å². The van der Waals surface area contributed by atoms with Gasteiger partial charge in [-0.2, -0.15) is 0 Å². The van der Waals surface area contributed by atoms with Crippen LogP contribution in [0.3, 0.4) is 0 Å². The first kappa shape index (κ1) is 11.5. The van der Waals surface area contributed by atoms with Crippen molar-refractivity contribution in [2.45, 2.75) is 37.4 Å². The molecular formula is C14H18ClNO. The smallest absolute Gasteiger partial charge is 0.0645 e. The van der Waals surface area contributed by atoms with Gasteiger partial charge in [-0.3, -0.25) is 4.90 Å². The van der Waals surface area contributed by atoms with Crippen LogP contribution in [0, 0.1) is 0 Å². The molecule has 0 spiro atoms. The molecule has 1 aromatic rings. The summed E-state index contributed by atoms with van der Waals surface area (Å²) < 4.78 is 5.37. The molecule has 2 atom stereocenters. The van der Waals surface area contributed by atoms with Gasteiger partial charge in [-0.25, -0.2) is 0 Å². The highest BCUT2D eigenvalue weighted by Crippen LogP contribution is 2.52. The summed E-state index contributed by atoms with van der Waals surface area (Å²) in [6, 6.07) is 11.1. The van der Waals surface area contributed by atoms with Crippen molar-refractivity contribution in [3.05, 3.63) is 35.4 Å². The first-order valence-electron chi connectivity index (χ1n) is 6.39. The molecule has 0 N–H and O–H groups in total. The lowest BCUT2D eigenvalue weighted by Crippen LogP contribution is -2.50. The highest BCUT2D eigenvalue weighted by molar-refractivity contribution is 5.85. The molecular weight excluding hydrogens is 234 g/mol. The van der Waals surface area contributed by atoms with Gasteiger partial charge in [0.2, 0.25) is 0 Å². The maximum Gasteiger partial charge on any atom is 0.0645 e. The fourth-order valence-electron chi connectivity index (χ4n) is 3.67. The van der Waals surface area contributed by atoms with Crippen LogP contribution in [0.1, 0.15) is 42.5 Å². The van der Waals surface area contributed by atoms with Crippen molar-refractivity contribution in [2.24, 2.45) is 0 Å². The Hall–Kier alpha value is -0.570. The molecule has 0 radical (unpaired) electrons. The van der Waals surface area contributed by atoms with Crippen molar-refractivity contribution in [1.82, 2.24) is 4.90 Å². The third-order valence-corrected chi connectivity index (χ3v) is 4.43. The van der Waals surface area contributed by atoms with E-state index in [-0.39, 0.29) is 12.4 Å². The molecule has 2 fully saturated rings. The fraction of sp³-hybridized carbons (Fsp3) is 0.571. The standard InChI is InChI=1S/C14H17NO.ClH/c1-2-5-12-11(4-1)13-6-3-7-14(12)15(13)10-8-16-9-10;/h1-2,4-5,10,13-14H,3,6-9H2;1H. The van der Waals surface area contributed by atoms with Gasteiger partial charge >= 0.3 is 0 Å². The Morgan fingerprint density at radius 2 is 1.59 bits per heavy atom. The minimum Gasteiger partial charge on any atom is -0.378 e. The Balaban J connectivity index is 0.000000902. The summed E-state index contributed by atoms with van der Waals surface area (Å²) in [6.07, 6.45) is 4.06. The quantitative estimate of drug-likeness (QED) is 0.761. The number of nitrogens with zero attached hydrogens (tertiary/aromatic N) is 1. The molecule has 4 rings (SSSR count).